The molecule has 0 aromatic heterocycles. The Labute approximate surface area is 130 Å². The van der Waals surface area contributed by atoms with Gasteiger partial charge in [0.15, 0.2) is 0 Å². The molecule has 2 rings (SSSR count). The highest BCUT2D eigenvalue weighted by molar-refractivity contribution is 6.31. The number of carbonyl (C=O) groups is 2. The van der Waals surface area contributed by atoms with Crippen LogP contribution in [0.3, 0.4) is 0 Å². The summed E-state index contributed by atoms with van der Waals surface area (Å²) >= 11 is 5.52. The summed E-state index contributed by atoms with van der Waals surface area (Å²) in [5.74, 6) is -0.729. The fourth-order valence-corrected chi connectivity index (χ4v) is 2.69. The van der Waals surface area contributed by atoms with E-state index < -0.39 is 28.7 Å². The van der Waals surface area contributed by atoms with Crippen molar-refractivity contribution in [2.24, 2.45) is 0 Å². The molecule has 4 nitrogen and oxygen atoms in total. The Hall–Kier alpha value is -1.76. The molecule has 1 aliphatic rings. The largest absolute Gasteiger partial charge is 0.417 e. The molecule has 120 valence electrons. The topological polar surface area (TPSA) is 49.4 Å². The number of carbonyl (C=O) groups excluding carboxylic acids is 2. The number of rotatable bonds is 2. The molecule has 22 heavy (non-hydrogen) atoms. The molecule has 1 atom stereocenters. The van der Waals surface area contributed by atoms with Crippen molar-refractivity contribution in [1.82, 2.24) is 4.90 Å². The minimum Gasteiger partial charge on any atom is -0.331 e. The van der Waals surface area contributed by atoms with Crippen LogP contribution in [0, 0.1) is 0 Å². The number of anilines is 1. The monoisotopic (exact) mass is 334 g/mol. The summed E-state index contributed by atoms with van der Waals surface area (Å²) in [5.41, 5.74) is -1.01. The summed E-state index contributed by atoms with van der Waals surface area (Å²) in [5, 5.41) is 1.98. The molecule has 1 N–H and O–H groups in total. The third-order valence-corrected chi connectivity index (χ3v) is 3.83. The van der Waals surface area contributed by atoms with Gasteiger partial charge in [0.1, 0.15) is 6.04 Å². The molecule has 1 aliphatic heterocycles. The molecular formula is C14H14ClF3N2O2. The van der Waals surface area contributed by atoms with Crippen LogP contribution in [0.2, 0.25) is 5.02 Å². The zero-order valence-corrected chi connectivity index (χ0v) is 12.5. The lowest BCUT2D eigenvalue weighted by Crippen LogP contribution is -2.42. The van der Waals surface area contributed by atoms with Crippen LogP contribution in [0.25, 0.3) is 0 Å². The van der Waals surface area contributed by atoms with Crippen LogP contribution in [-0.2, 0) is 15.8 Å². The number of likely N-dealkylation sites (tertiary alicyclic amines) is 1. The van der Waals surface area contributed by atoms with Crippen molar-refractivity contribution in [3.8, 4) is 0 Å². The molecule has 0 radical (unpaired) electrons. The van der Waals surface area contributed by atoms with Crippen molar-refractivity contribution in [1.29, 1.82) is 0 Å². The van der Waals surface area contributed by atoms with Gasteiger partial charge in [-0.15, -0.1) is 0 Å². The molecule has 2 amide bonds. The summed E-state index contributed by atoms with van der Waals surface area (Å²) in [6, 6.07) is 2.51. The summed E-state index contributed by atoms with van der Waals surface area (Å²) in [4.78, 5) is 25.0. The van der Waals surface area contributed by atoms with E-state index in [-0.39, 0.29) is 11.6 Å². The summed E-state index contributed by atoms with van der Waals surface area (Å²) < 4.78 is 38.4. The van der Waals surface area contributed by atoms with Gasteiger partial charge in [-0.05, 0) is 31.0 Å². The van der Waals surface area contributed by atoms with Gasteiger partial charge in [-0.1, -0.05) is 11.6 Å². The lowest BCUT2D eigenvalue weighted by atomic mass is 10.1. The van der Waals surface area contributed by atoms with Crippen LogP contribution < -0.4 is 5.32 Å². The highest BCUT2D eigenvalue weighted by Crippen LogP contribution is 2.36. The van der Waals surface area contributed by atoms with E-state index in [2.05, 4.69) is 5.32 Å². The molecule has 0 spiro atoms. The van der Waals surface area contributed by atoms with Gasteiger partial charge < -0.3 is 10.2 Å². The third kappa shape index (κ3) is 3.52. The quantitative estimate of drug-likeness (QED) is 0.902. The van der Waals surface area contributed by atoms with E-state index in [9.17, 15) is 22.8 Å². The predicted molar refractivity (Wildman–Crippen MR) is 75.5 cm³/mol. The Morgan fingerprint density at radius 1 is 1.36 bits per heavy atom. The predicted octanol–water partition coefficient (Wildman–Crippen LogP) is 3.31. The fourth-order valence-electron chi connectivity index (χ4n) is 2.46. The second-order valence-electron chi connectivity index (χ2n) is 5.05. The molecule has 0 saturated carbocycles. The molecule has 1 fully saturated rings. The normalized spacial score (nSPS) is 18.4. The number of halogens is 4. The number of hydrogen-bond acceptors (Lipinski definition) is 2. The highest BCUT2D eigenvalue weighted by atomic mass is 35.5. The van der Waals surface area contributed by atoms with Crippen molar-refractivity contribution >= 4 is 29.1 Å². The Bertz CT molecular complexity index is 604. The third-order valence-electron chi connectivity index (χ3n) is 3.50. The first-order valence-electron chi connectivity index (χ1n) is 6.65. The zero-order chi connectivity index (χ0) is 16.5. The van der Waals surface area contributed by atoms with E-state index in [1.54, 1.807) is 0 Å². The first-order valence-corrected chi connectivity index (χ1v) is 7.03. The molecule has 0 aliphatic carbocycles. The number of amides is 2. The van der Waals surface area contributed by atoms with Crippen molar-refractivity contribution in [3.05, 3.63) is 28.8 Å². The van der Waals surface area contributed by atoms with Gasteiger partial charge in [0, 0.05) is 19.2 Å². The number of benzene rings is 1. The van der Waals surface area contributed by atoms with Crippen LogP contribution >= 0.6 is 11.6 Å². The molecule has 1 saturated heterocycles. The minimum absolute atomic E-state index is 0.00266. The molecule has 0 unspecified atom stereocenters. The van der Waals surface area contributed by atoms with Crippen LogP contribution in [0.5, 0.6) is 0 Å². The Morgan fingerprint density at radius 2 is 2.05 bits per heavy atom. The zero-order valence-electron chi connectivity index (χ0n) is 11.7. The molecule has 1 aromatic rings. The van der Waals surface area contributed by atoms with Crippen molar-refractivity contribution in [2.75, 3.05) is 11.9 Å². The number of nitrogens with one attached hydrogen (secondary N) is 1. The maximum Gasteiger partial charge on any atom is 0.417 e. The van der Waals surface area contributed by atoms with E-state index >= 15 is 0 Å². The van der Waals surface area contributed by atoms with Gasteiger partial charge in [0.25, 0.3) is 0 Å². The molecule has 1 heterocycles. The van der Waals surface area contributed by atoms with E-state index in [1.165, 1.54) is 17.9 Å². The lowest BCUT2D eigenvalue weighted by molar-refractivity contribution is -0.137. The summed E-state index contributed by atoms with van der Waals surface area (Å²) in [6.45, 7) is 1.83. The number of hydrogen-bond donors (Lipinski definition) is 1. The van der Waals surface area contributed by atoms with Gasteiger partial charge in [-0.3, -0.25) is 9.59 Å². The smallest absolute Gasteiger partial charge is 0.331 e. The van der Waals surface area contributed by atoms with Crippen molar-refractivity contribution in [2.45, 2.75) is 32.0 Å². The molecular weight excluding hydrogens is 321 g/mol. The van der Waals surface area contributed by atoms with Gasteiger partial charge in [-0.2, -0.15) is 13.2 Å². The fraction of sp³-hybridized carbons (Fsp3) is 0.429. The van der Waals surface area contributed by atoms with Gasteiger partial charge in [-0.25, -0.2) is 0 Å². The average Bonchev–Trinajstić information content (AvgIpc) is 2.89. The summed E-state index contributed by atoms with van der Waals surface area (Å²) in [7, 11) is 0. The first kappa shape index (κ1) is 16.6. The first-order chi connectivity index (χ1) is 10.2. The van der Waals surface area contributed by atoms with Crippen LogP contribution in [0.1, 0.15) is 25.3 Å². The molecule has 8 heteroatoms. The Balaban J connectivity index is 2.17. The SMILES string of the molecule is CC(=O)N1CCC[C@H]1C(=O)Nc1ccc(Cl)c(C(F)(F)F)c1. The van der Waals surface area contributed by atoms with E-state index in [0.29, 0.717) is 19.4 Å². The Morgan fingerprint density at radius 3 is 2.64 bits per heavy atom. The van der Waals surface area contributed by atoms with Gasteiger partial charge in [0.2, 0.25) is 11.8 Å². The standard InChI is InChI=1S/C14H14ClF3N2O2/c1-8(21)20-6-2-3-12(20)13(22)19-9-4-5-11(15)10(7-9)14(16,17)18/h4-5,7,12H,2-3,6H2,1H3,(H,19,22)/t12-/m0/s1. The van der Waals surface area contributed by atoms with Crippen LogP contribution in [0.15, 0.2) is 18.2 Å². The molecule has 1 aromatic carbocycles. The maximum absolute atomic E-state index is 12.8. The second-order valence-corrected chi connectivity index (χ2v) is 5.46. The van der Waals surface area contributed by atoms with Crippen LogP contribution in [0.4, 0.5) is 18.9 Å². The van der Waals surface area contributed by atoms with Gasteiger partial charge >= 0.3 is 6.18 Å². The average molecular weight is 335 g/mol. The van der Waals surface area contributed by atoms with E-state index in [4.69, 9.17) is 11.6 Å². The molecule has 0 bridgehead atoms. The number of alkyl halides is 3. The lowest BCUT2D eigenvalue weighted by Gasteiger charge is -2.22. The van der Waals surface area contributed by atoms with Gasteiger partial charge in [0.05, 0.1) is 10.6 Å². The number of nitrogens with zero attached hydrogens (tertiary/aromatic N) is 1. The van der Waals surface area contributed by atoms with Crippen molar-refractivity contribution < 1.29 is 22.8 Å². The highest BCUT2D eigenvalue weighted by Gasteiger charge is 2.35. The van der Waals surface area contributed by atoms with E-state index in [1.807, 2.05) is 0 Å². The Kier molecular flexibility index (Phi) is 4.65. The maximum atomic E-state index is 12.8. The van der Waals surface area contributed by atoms with Crippen molar-refractivity contribution in [3.63, 3.8) is 0 Å². The van der Waals surface area contributed by atoms with Crippen LogP contribution in [-0.4, -0.2) is 29.3 Å². The summed E-state index contributed by atoms with van der Waals surface area (Å²) in [6.07, 6.45) is -3.42. The minimum atomic E-state index is -4.60. The second kappa shape index (κ2) is 6.16. The van der Waals surface area contributed by atoms with E-state index in [0.717, 1.165) is 12.1 Å².